The summed E-state index contributed by atoms with van der Waals surface area (Å²) < 4.78 is 36.5. The predicted octanol–water partition coefficient (Wildman–Crippen LogP) is 7.22. The Labute approximate surface area is 242 Å². The van der Waals surface area contributed by atoms with Crippen molar-refractivity contribution in [3.05, 3.63) is 70.0 Å². The van der Waals surface area contributed by atoms with Gasteiger partial charge in [-0.3, -0.25) is 14.5 Å². The maximum atomic E-state index is 15.0. The summed E-state index contributed by atoms with van der Waals surface area (Å²) >= 11 is 6.04. The maximum absolute atomic E-state index is 15.0. The van der Waals surface area contributed by atoms with Crippen molar-refractivity contribution in [3.8, 4) is 17.0 Å². The number of ether oxygens (including phenoxy) is 1. The smallest absolute Gasteiger partial charge is 0.251 e. The average molecular weight is 580 g/mol. The highest BCUT2D eigenvalue weighted by atomic mass is 35.5. The van der Waals surface area contributed by atoms with E-state index in [1.54, 1.807) is 13.2 Å². The van der Waals surface area contributed by atoms with Crippen molar-refractivity contribution in [1.82, 2.24) is 20.1 Å². The molecule has 2 unspecified atom stereocenters. The van der Waals surface area contributed by atoms with Crippen LogP contribution >= 0.6 is 11.6 Å². The molecule has 1 aliphatic carbocycles. The van der Waals surface area contributed by atoms with Crippen molar-refractivity contribution in [3.63, 3.8) is 0 Å². The van der Waals surface area contributed by atoms with Gasteiger partial charge in [-0.15, -0.1) is 0 Å². The zero-order chi connectivity index (χ0) is 28.8. The highest BCUT2D eigenvalue weighted by molar-refractivity contribution is 6.31. The molecule has 1 saturated carbocycles. The molecule has 2 aromatic heterocycles. The van der Waals surface area contributed by atoms with E-state index in [4.69, 9.17) is 21.3 Å². The van der Waals surface area contributed by atoms with Crippen molar-refractivity contribution in [2.24, 2.45) is 0 Å². The molecule has 7 nitrogen and oxygen atoms in total. The van der Waals surface area contributed by atoms with Gasteiger partial charge in [-0.2, -0.15) is 5.10 Å². The summed E-state index contributed by atoms with van der Waals surface area (Å²) in [5.41, 5.74) is 4.26. The van der Waals surface area contributed by atoms with Gasteiger partial charge in [0.1, 0.15) is 22.9 Å². The number of hydrogen-bond donors (Lipinski definition) is 2. The first-order valence-corrected chi connectivity index (χ1v) is 14.4. The van der Waals surface area contributed by atoms with Crippen LogP contribution in [0.3, 0.4) is 0 Å². The van der Waals surface area contributed by atoms with E-state index in [0.717, 1.165) is 59.6 Å². The van der Waals surface area contributed by atoms with E-state index < -0.39 is 11.6 Å². The fourth-order valence-electron chi connectivity index (χ4n) is 5.59. The normalized spacial score (nSPS) is 16.9. The maximum Gasteiger partial charge on any atom is 0.251 e. The second-order valence-electron chi connectivity index (χ2n) is 11.0. The molecule has 1 amide bonds. The van der Waals surface area contributed by atoms with E-state index in [1.165, 1.54) is 6.07 Å². The molecule has 0 bridgehead atoms. The number of methoxy groups -OCH3 is 1. The van der Waals surface area contributed by atoms with Gasteiger partial charge in [0.2, 0.25) is 0 Å². The molecule has 41 heavy (non-hydrogen) atoms. The fraction of sp³-hybridized carbons (Fsp3) is 0.387. The van der Waals surface area contributed by atoms with Crippen LogP contribution in [0.1, 0.15) is 79.0 Å². The van der Waals surface area contributed by atoms with Gasteiger partial charge in [0.25, 0.3) is 5.91 Å². The van der Waals surface area contributed by atoms with Gasteiger partial charge in [0.15, 0.2) is 0 Å². The van der Waals surface area contributed by atoms with Crippen molar-refractivity contribution in [1.29, 1.82) is 0 Å². The first-order valence-electron chi connectivity index (χ1n) is 14.1. The van der Waals surface area contributed by atoms with Crippen LogP contribution in [0.2, 0.25) is 5.02 Å². The van der Waals surface area contributed by atoms with E-state index in [0.29, 0.717) is 36.1 Å². The summed E-state index contributed by atoms with van der Waals surface area (Å²) in [6.07, 6.45) is 5.81. The van der Waals surface area contributed by atoms with Gasteiger partial charge in [-0.1, -0.05) is 31.9 Å². The molecule has 1 fully saturated rings. The number of amides is 1. The lowest BCUT2D eigenvalue weighted by molar-refractivity contribution is 0.0950. The summed E-state index contributed by atoms with van der Waals surface area (Å²) in [7, 11) is 1.58. The first-order chi connectivity index (χ1) is 19.8. The van der Waals surface area contributed by atoms with E-state index in [1.807, 2.05) is 23.0 Å². The van der Waals surface area contributed by atoms with Crippen molar-refractivity contribution in [2.75, 3.05) is 25.5 Å². The van der Waals surface area contributed by atoms with Crippen LogP contribution in [0, 0.1) is 11.6 Å². The van der Waals surface area contributed by atoms with Crippen LogP contribution in [0.4, 0.5) is 14.5 Å². The summed E-state index contributed by atoms with van der Waals surface area (Å²) in [5, 5.41) is 11.8. The van der Waals surface area contributed by atoms with Crippen molar-refractivity contribution in [2.45, 2.75) is 57.4 Å². The number of carbonyl (C=O) groups excluding carboxylic acids is 1. The summed E-state index contributed by atoms with van der Waals surface area (Å²) in [6.45, 7) is 5.18. The molecule has 2 atom stereocenters. The van der Waals surface area contributed by atoms with Crippen LogP contribution in [-0.2, 0) is 0 Å². The zero-order valence-corrected chi connectivity index (χ0v) is 24.0. The molecule has 0 saturated heterocycles. The molecule has 6 rings (SSSR count). The Balaban J connectivity index is 1.30. The number of anilines is 1. The Morgan fingerprint density at radius 3 is 2.76 bits per heavy atom. The minimum atomic E-state index is -0.816. The van der Waals surface area contributed by atoms with E-state index in [9.17, 15) is 13.6 Å². The third kappa shape index (κ3) is 5.23. The van der Waals surface area contributed by atoms with Gasteiger partial charge in [-0.05, 0) is 49.1 Å². The Morgan fingerprint density at radius 1 is 1.22 bits per heavy atom. The quantitative estimate of drug-likeness (QED) is 0.205. The van der Waals surface area contributed by atoms with E-state index >= 15 is 0 Å². The molecule has 2 N–H and O–H groups in total. The minimum absolute atomic E-state index is 0.122. The van der Waals surface area contributed by atoms with Crippen LogP contribution in [0.15, 0.2) is 36.5 Å². The third-order valence-corrected chi connectivity index (χ3v) is 8.30. The monoisotopic (exact) mass is 579 g/mol. The Morgan fingerprint density at radius 2 is 2.02 bits per heavy atom. The fourth-order valence-corrected chi connectivity index (χ4v) is 5.75. The molecule has 2 aromatic carbocycles. The lowest BCUT2D eigenvalue weighted by Crippen LogP contribution is -2.29. The molecular weight excluding hydrogens is 548 g/mol. The van der Waals surface area contributed by atoms with E-state index in [2.05, 4.69) is 29.6 Å². The number of benzene rings is 2. The van der Waals surface area contributed by atoms with Gasteiger partial charge >= 0.3 is 0 Å². The predicted molar refractivity (Wildman–Crippen MR) is 156 cm³/mol. The third-order valence-electron chi connectivity index (χ3n) is 8.01. The van der Waals surface area contributed by atoms with Crippen molar-refractivity contribution < 1.29 is 18.3 Å². The number of halogens is 3. The van der Waals surface area contributed by atoms with Gasteiger partial charge in [0, 0.05) is 59.4 Å². The number of aromatic nitrogens is 3. The zero-order valence-electron chi connectivity index (χ0n) is 23.2. The van der Waals surface area contributed by atoms with Crippen LogP contribution in [-0.4, -0.2) is 40.9 Å². The topological polar surface area (TPSA) is 81.1 Å². The minimum Gasteiger partial charge on any atom is -0.494 e. The number of carbonyl (C=O) groups is 1. The molecule has 3 heterocycles. The molecule has 0 radical (unpaired) electrons. The second kappa shape index (κ2) is 10.9. The lowest BCUT2D eigenvalue weighted by atomic mass is 9.93. The van der Waals surface area contributed by atoms with Gasteiger partial charge in [0.05, 0.1) is 29.6 Å². The Bertz CT molecular complexity index is 1650. The summed E-state index contributed by atoms with van der Waals surface area (Å²) in [6, 6.07) is 8.10. The molecule has 10 heteroatoms. The molecule has 2 aliphatic rings. The van der Waals surface area contributed by atoms with Crippen LogP contribution in [0.5, 0.6) is 5.75 Å². The highest BCUT2D eigenvalue weighted by Gasteiger charge is 2.29. The second-order valence-corrected chi connectivity index (χ2v) is 11.4. The van der Waals surface area contributed by atoms with Crippen LogP contribution in [0.25, 0.3) is 22.2 Å². The molecule has 0 spiro atoms. The van der Waals surface area contributed by atoms with Crippen molar-refractivity contribution >= 4 is 34.1 Å². The average Bonchev–Trinajstić information content (AvgIpc) is 3.62. The number of fused-ring (bicyclic) bond motifs is 2. The largest absolute Gasteiger partial charge is 0.494 e. The number of nitrogens with zero attached hydrogens (tertiary/aromatic N) is 3. The Hall–Kier alpha value is -3.72. The number of rotatable bonds is 9. The molecule has 1 aliphatic heterocycles. The molecule has 214 valence electrons. The highest BCUT2D eigenvalue weighted by Crippen LogP contribution is 2.42. The molecular formula is C31H32ClF2N5O2. The Kier molecular flexibility index (Phi) is 7.32. The van der Waals surface area contributed by atoms with Gasteiger partial charge < -0.3 is 15.4 Å². The standard InChI is InChI=1S/C31H32ClF2N5O2/c1-4-5-17(14-36-31(40)18-8-19-15-39(20-6-7-20)38-28(19)27(9-18)41-3)26-11-21-16(2)13-35-29(21)30(37-26)22-10-23(32)25(34)12-24(22)33/h8-12,15-17,20,35H,4-7,13-14H2,1-3H3,(H,36,40). The number of nitrogens with one attached hydrogen (secondary N) is 2. The molecule has 4 aromatic rings. The summed E-state index contributed by atoms with van der Waals surface area (Å²) in [4.78, 5) is 18.2. The number of pyridine rings is 1. The first kappa shape index (κ1) is 27.4. The lowest BCUT2D eigenvalue weighted by Gasteiger charge is -2.20. The summed E-state index contributed by atoms with van der Waals surface area (Å²) in [5.74, 6) is -1.15. The SMILES string of the molecule is CCCC(CNC(=O)c1cc(OC)c2nn(C3CC3)cc2c1)c1cc2c(c(-c3cc(Cl)c(F)cc3F)n1)NCC2C. The van der Waals surface area contributed by atoms with Gasteiger partial charge in [-0.25, -0.2) is 8.78 Å². The van der Waals surface area contributed by atoms with E-state index in [-0.39, 0.29) is 28.3 Å². The number of hydrogen-bond acceptors (Lipinski definition) is 5. The van der Waals surface area contributed by atoms with Crippen LogP contribution < -0.4 is 15.4 Å².